The molecule has 0 aromatic heterocycles. The molecule has 0 amide bonds. The fraction of sp³-hybridized carbons (Fsp3) is 0.889. The van der Waals surface area contributed by atoms with Gasteiger partial charge in [-0.25, -0.2) is 8.78 Å². The zero-order valence-electron chi connectivity index (χ0n) is 7.39. The first-order valence-corrected chi connectivity index (χ1v) is 4.31. The van der Waals surface area contributed by atoms with Gasteiger partial charge in [0, 0.05) is 5.92 Å². The third-order valence-electron chi connectivity index (χ3n) is 2.68. The molecule has 0 saturated heterocycles. The Morgan fingerprint density at radius 1 is 1.25 bits per heavy atom. The molecule has 1 rings (SSSR count). The molecular formula is C9H14F2O. The van der Waals surface area contributed by atoms with Crippen molar-refractivity contribution >= 4 is 5.78 Å². The van der Waals surface area contributed by atoms with Crippen molar-refractivity contribution in [1.82, 2.24) is 0 Å². The van der Waals surface area contributed by atoms with Crippen molar-refractivity contribution < 1.29 is 13.6 Å². The predicted octanol–water partition coefficient (Wildman–Crippen LogP) is 2.30. The molecule has 0 aromatic rings. The summed E-state index contributed by atoms with van der Waals surface area (Å²) in [5.41, 5.74) is 0. The summed E-state index contributed by atoms with van der Waals surface area (Å²) in [6.07, 6.45) is -2.55. The number of hydrogen-bond donors (Lipinski definition) is 0. The van der Waals surface area contributed by atoms with E-state index in [1.165, 1.54) is 6.92 Å². The van der Waals surface area contributed by atoms with E-state index in [0.29, 0.717) is 0 Å². The quantitative estimate of drug-likeness (QED) is 0.599. The maximum atomic E-state index is 12.8. The molecule has 4 atom stereocenters. The molecule has 1 aliphatic rings. The molecule has 0 N–H and O–H groups in total. The lowest BCUT2D eigenvalue weighted by molar-refractivity contribution is -0.125. The summed E-state index contributed by atoms with van der Waals surface area (Å²) in [6, 6.07) is 0. The van der Waals surface area contributed by atoms with Gasteiger partial charge in [0.15, 0.2) is 0 Å². The molecule has 12 heavy (non-hydrogen) atoms. The zero-order valence-corrected chi connectivity index (χ0v) is 7.39. The number of carbonyl (C=O) groups is 1. The Morgan fingerprint density at radius 3 is 2.25 bits per heavy atom. The molecule has 1 fully saturated rings. The van der Waals surface area contributed by atoms with Gasteiger partial charge in [0.2, 0.25) is 0 Å². The summed E-state index contributed by atoms with van der Waals surface area (Å²) >= 11 is 0. The number of Topliss-reactive ketones (excluding diaryl/α,β-unsaturated/α-hetero) is 1. The highest BCUT2D eigenvalue weighted by molar-refractivity contribution is 5.78. The topological polar surface area (TPSA) is 17.1 Å². The van der Waals surface area contributed by atoms with Crippen molar-refractivity contribution in [3.8, 4) is 0 Å². The van der Waals surface area contributed by atoms with E-state index in [0.717, 1.165) is 0 Å². The highest BCUT2D eigenvalue weighted by Crippen LogP contribution is 2.33. The first-order chi connectivity index (χ1) is 5.52. The summed E-state index contributed by atoms with van der Waals surface area (Å²) in [5, 5.41) is 0. The van der Waals surface area contributed by atoms with Crippen LogP contribution in [0.3, 0.4) is 0 Å². The molecule has 0 spiro atoms. The normalized spacial score (nSPS) is 42.7. The Kier molecular flexibility index (Phi) is 2.80. The number of carbonyl (C=O) groups excluding carboxylic acids is 1. The minimum atomic E-state index is -1.44. The summed E-state index contributed by atoms with van der Waals surface area (Å²) in [5.74, 6) is -0.298. The number of ketones is 1. The van der Waals surface area contributed by atoms with Gasteiger partial charge in [0.1, 0.15) is 18.1 Å². The van der Waals surface area contributed by atoms with Crippen molar-refractivity contribution in [2.75, 3.05) is 0 Å². The molecule has 3 heteroatoms. The van der Waals surface area contributed by atoms with Crippen LogP contribution >= 0.6 is 0 Å². The predicted molar refractivity (Wildman–Crippen MR) is 42.4 cm³/mol. The lowest BCUT2D eigenvalue weighted by Gasteiger charge is -2.31. The third kappa shape index (κ3) is 1.82. The highest BCUT2D eigenvalue weighted by Gasteiger charge is 2.37. The second kappa shape index (κ2) is 3.50. The largest absolute Gasteiger partial charge is 0.300 e. The van der Waals surface area contributed by atoms with Crippen LogP contribution in [0.4, 0.5) is 8.78 Å². The lowest BCUT2D eigenvalue weighted by Crippen LogP contribution is -2.36. The number of alkyl halides is 2. The molecule has 0 aromatic carbocycles. The van der Waals surface area contributed by atoms with Gasteiger partial charge in [-0.3, -0.25) is 4.79 Å². The lowest BCUT2D eigenvalue weighted by atomic mass is 9.77. The maximum Gasteiger partial charge on any atom is 0.133 e. The monoisotopic (exact) mass is 176 g/mol. The van der Waals surface area contributed by atoms with E-state index < -0.39 is 12.3 Å². The van der Waals surface area contributed by atoms with Crippen molar-refractivity contribution in [3.05, 3.63) is 0 Å². The van der Waals surface area contributed by atoms with E-state index in [1.807, 2.05) is 6.92 Å². The Balaban J connectivity index is 2.61. The van der Waals surface area contributed by atoms with E-state index in [4.69, 9.17) is 0 Å². The van der Waals surface area contributed by atoms with Gasteiger partial charge in [0.25, 0.3) is 0 Å². The fourth-order valence-electron chi connectivity index (χ4n) is 1.86. The van der Waals surface area contributed by atoms with Gasteiger partial charge < -0.3 is 0 Å². The molecule has 4 unspecified atom stereocenters. The summed E-state index contributed by atoms with van der Waals surface area (Å²) in [4.78, 5) is 11.0. The number of rotatable bonds is 1. The Labute approximate surface area is 71.1 Å². The van der Waals surface area contributed by atoms with Crippen molar-refractivity contribution in [3.63, 3.8) is 0 Å². The van der Waals surface area contributed by atoms with Crippen LogP contribution in [0.5, 0.6) is 0 Å². The highest BCUT2D eigenvalue weighted by atomic mass is 19.2. The molecule has 0 radical (unpaired) electrons. The van der Waals surface area contributed by atoms with E-state index in [1.54, 1.807) is 0 Å². The average molecular weight is 176 g/mol. The van der Waals surface area contributed by atoms with Crippen molar-refractivity contribution in [2.45, 2.75) is 39.0 Å². The van der Waals surface area contributed by atoms with Gasteiger partial charge in [0.05, 0.1) is 0 Å². The van der Waals surface area contributed by atoms with E-state index in [-0.39, 0.29) is 30.5 Å². The van der Waals surface area contributed by atoms with Gasteiger partial charge in [-0.05, 0) is 25.7 Å². The Hall–Kier alpha value is -0.470. The molecule has 70 valence electrons. The third-order valence-corrected chi connectivity index (χ3v) is 2.68. The molecule has 0 aliphatic heterocycles. The van der Waals surface area contributed by atoms with Crippen molar-refractivity contribution in [1.29, 1.82) is 0 Å². The number of halogens is 2. The van der Waals surface area contributed by atoms with Crippen LogP contribution in [0.15, 0.2) is 0 Å². The Morgan fingerprint density at radius 2 is 1.75 bits per heavy atom. The maximum absolute atomic E-state index is 12.8. The first-order valence-electron chi connectivity index (χ1n) is 4.31. The van der Waals surface area contributed by atoms with Gasteiger partial charge in [-0.2, -0.15) is 0 Å². The van der Waals surface area contributed by atoms with E-state index in [9.17, 15) is 13.6 Å². The van der Waals surface area contributed by atoms with Crippen LogP contribution in [0.2, 0.25) is 0 Å². The summed E-state index contributed by atoms with van der Waals surface area (Å²) in [7, 11) is 0. The molecule has 1 aliphatic carbocycles. The minimum absolute atomic E-state index is 0.00972. The molecule has 1 nitrogen and oxygen atoms in total. The van der Waals surface area contributed by atoms with E-state index in [2.05, 4.69) is 0 Å². The van der Waals surface area contributed by atoms with Crippen LogP contribution in [0.1, 0.15) is 26.7 Å². The molecular weight excluding hydrogens is 162 g/mol. The number of hydrogen-bond acceptors (Lipinski definition) is 1. The molecule has 0 heterocycles. The fourth-order valence-corrected chi connectivity index (χ4v) is 1.86. The van der Waals surface area contributed by atoms with E-state index >= 15 is 0 Å². The van der Waals surface area contributed by atoms with Gasteiger partial charge >= 0.3 is 0 Å². The smallest absolute Gasteiger partial charge is 0.133 e. The summed E-state index contributed by atoms with van der Waals surface area (Å²) in [6.45, 7) is 3.26. The average Bonchev–Trinajstić information content (AvgIpc) is 1.96. The standard InChI is InChI=1S/C9H14F2O/c1-5-3-8(10)9(11)4-7(5)6(2)12/h5,7-9H,3-4H2,1-2H3. The van der Waals surface area contributed by atoms with Crippen LogP contribution in [0, 0.1) is 11.8 Å². The summed E-state index contributed by atoms with van der Waals surface area (Å²) < 4.78 is 25.6. The van der Waals surface area contributed by atoms with Gasteiger partial charge in [-0.15, -0.1) is 0 Å². The SMILES string of the molecule is CC(=O)C1CC(F)C(F)CC1C. The van der Waals surface area contributed by atoms with Crippen LogP contribution < -0.4 is 0 Å². The van der Waals surface area contributed by atoms with Crippen LogP contribution in [-0.2, 0) is 4.79 Å². The second-order valence-corrected chi connectivity index (χ2v) is 3.70. The minimum Gasteiger partial charge on any atom is -0.300 e. The van der Waals surface area contributed by atoms with Crippen LogP contribution in [-0.4, -0.2) is 18.1 Å². The molecule has 0 bridgehead atoms. The molecule has 1 saturated carbocycles. The first kappa shape index (κ1) is 9.62. The second-order valence-electron chi connectivity index (χ2n) is 3.70. The van der Waals surface area contributed by atoms with Gasteiger partial charge in [-0.1, -0.05) is 6.92 Å². The van der Waals surface area contributed by atoms with Crippen molar-refractivity contribution in [2.24, 2.45) is 11.8 Å². The van der Waals surface area contributed by atoms with Crippen LogP contribution in [0.25, 0.3) is 0 Å². The zero-order chi connectivity index (χ0) is 9.30. The Bertz CT molecular complexity index is 181.